The number of aryl methyl sites for hydroxylation is 1. The van der Waals surface area contributed by atoms with Crippen LogP contribution >= 0.6 is 0 Å². The SMILES string of the molecule is COc1cccc(C(=O)Nc2cc(C)nn2-c2nc3c(cnn3-c3ccc(F)cc3)c(=O)[nH]2)c1OC. The molecule has 0 saturated carbocycles. The van der Waals surface area contributed by atoms with Crippen LogP contribution in [0, 0.1) is 12.7 Å². The summed E-state index contributed by atoms with van der Waals surface area (Å²) in [6.45, 7) is 1.73. The van der Waals surface area contributed by atoms with Crippen molar-refractivity contribution in [3.8, 4) is 23.1 Å². The van der Waals surface area contributed by atoms with Crippen molar-refractivity contribution in [3.05, 3.63) is 82.2 Å². The van der Waals surface area contributed by atoms with Crippen LogP contribution in [0.3, 0.4) is 0 Å². The maximum atomic E-state index is 13.4. The molecule has 0 saturated heterocycles. The summed E-state index contributed by atoms with van der Waals surface area (Å²) in [4.78, 5) is 33.2. The van der Waals surface area contributed by atoms with Gasteiger partial charge in [0.1, 0.15) is 17.0 Å². The van der Waals surface area contributed by atoms with Crippen molar-refractivity contribution in [2.75, 3.05) is 19.5 Å². The summed E-state index contributed by atoms with van der Waals surface area (Å²) in [5.74, 6) is 0.111. The number of rotatable bonds is 6. The van der Waals surface area contributed by atoms with Crippen LogP contribution in [0.15, 0.2) is 59.5 Å². The highest BCUT2D eigenvalue weighted by Gasteiger charge is 2.20. The van der Waals surface area contributed by atoms with Crippen molar-refractivity contribution in [1.29, 1.82) is 0 Å². The second-order valence-electron chi connectivity index (χ2n) is 7.74. The number of benzene rings is 2. The first-order valence-corrected chi connectivity index (χ1v) is 10.7. The minimum Gasteiger partial charge on any atom is -0.493 e. The van der Waals surface area contributed by atoms with Gasteiger partial charge in [-0.25, -0.2) is 9.07 Å². The number of H-pyrrole nitrogens is 1. The normalized spacial score (nSPS) is 11.0. The highest BCUT2D eigenvalue weighted by molar-refractivity contribution is 6.06. The zero-order chi connectivity index (χ0) is 25.4. The fraction of sp³-hybridized carbons (Fsp3) is 0.125. The van der Waals surface area contributed by atoms with Crippen molar-refractivity contribution in [2.45, 2.75) is 6.92 Å². The zero-order valence-electron chi connectivity index (χ0n) is 19.4. The molecule has 1 amide bonds. The lowest BCUT2D eigenvalue weighted by Gasteiger charge is -2.13. The minimum atomic E-state index is -0.480. The van der Waals surface area contributed by atoms with Crippen molar-refractivity contribution in [1.82, 2.24) is 29.5 Å². The number of nitrogens with zero attached hydrogens (tertiary/aromatic N) is 5. The summed E-state index contributed by atoms with van der Waals surface area (Å²) in [6.07, 6.45) is 1.38. The molecule has 0 fully saturated rings. The first-order chi connectivity index (χ1) is 17.4. The first kappa shape index (κ1) is 22.8. The molecule has 182 valence electrons. The number of carbonyl (C=O) groups is 1. The Morgan fingerprint density at radius 3 is 2.58 bits per heavy atom. The van der Waals surface area contributed by atoms with Crippen molar-refractivity contribution in [2.24, 2.45) is 0 Å². The van der Waals surface area contributed by atoms with Crippen LogP contribution in [0.1, 0.15) is 16.1 Å². The average Bonchev–Trinajstić information content (AvgIpc) is 3.47. The highest BCUT2D eigenvalue weighted by atomic mass is 19.1. The van der Waals surface area contributed by atoms with Gasteiger partial charge in [-0.1, -0.05) is 6.07 Å². The van der Waals surface area contributed by atoms with Crippen LogP contribution in [-0.4, -0.2) is 49.7 Å². The molecule has 11 nitrogen and oxygen atoms in total. The van der Waals surface area contributed by atoms with Gasteiger partial charge in [0, 0.05) is 6.07 Å². The van der Waals surface area contributed by atoms with Crippen LogP contribution in [0.5, 0.6) is 11.5 Å². The quantitative estimate of drug-likeness (QED) is 0.375. The van der Waals surface area contributed by atoms with E-state index >= 15 is 0 Å². The van der Waals surface area contributed by atoms with Crippen LogP contribution in [0.25, 0.3) is 22.7 Å². The van der Waals surface area contributed by atoms with E-state index in [9.17, 15) is 14.0 Å². The predicted molar refractivity (Wildman–Crippen MR) is 129 cm³/mol. The van der Waals surface area contributed by atoms with Gasteiger partial charge < -0.3 is 14.8 Å². The highest BCUT2D eigenvalue weighted by Crippen LogP contribution is 2.31. The smallest absolute Gasteiger partial charge is 0.263 e. The van der Waals surface area contributed by atoms with E-state index in [0.29, 0.717) is 17.1 Å². The topological polar surface area (TPSA) is 129 Å². The molecule has 2 N–H and O–H groups in total. The number of carbonyl (C=O) groups excluding carboxylic acids is 1. The van der Waals surface area contributed by atoms with Crippen molar-refractivity contribution in [3.63, 3.8) is 0 Å². The number of amides is 1. The zero-order valence-corrected chi connectivity index (χ0v) is 19.4. The van der Waals surface area contributed by atoms with Crippen LogP contribution in [-0.2, 0) is 0 Å². The molecular weight excluding hydrogens is 469 g/mol. The summed E-state index contributed by atoms with van der Waals surface area (Å²) in [6, 6.07) is 12.2. The molecule has 0 atom stereocenters. The number of halogens is 1. The Labute approximate surface area is 203 Å². The van der Waals surface area contributed by atoms with Crippen LogP contribution < -0.4 is 20.3 Å². The van der Waals surface area contributed by atoms with Crippen LogP contribution in [0.2, 0.25) is 0 Å². The van der Waals surface area contributed by atoms with Gasteiger partial charge in [-0.15, -0.1) is 0 Å². The lowest BCUT2D eigenvalue weighted by atomic mass is 10.1. The molecule has 0 unspecified atom stereocenters. The Balaban J connectivity index is 1.57. The number of fused-ring (bicyclic) bond motifs is 1. The lowest BCUT2D eigenvalue weighted by Crippen LogP contribution is -2.19. The molecule has 5 rings (SSSR count). The number of hydrogen-bond donors (Lipinski definition) is 2. The molecular formula is C24H20FN7O4. The molecule has 0 aliphatic heterocycles. The Morgan fingerprint density at radius 2 is 1.86 bits per heavy atom. The van der Waals surface area contributed by atoms with Gasteiger partial charge in [-0.05, 0) is 43.3 Å². The summed E-state index contributed by atoms with van der Waals surface area (Å²) < 4.78 is 26.8. The number of aromatic amines is 1. The van der Waals surface area contributed by atoms with E-state index in [1.54, 1.807) is 31.2 Å². The van der Waals surface area contributed by atoms with Gasteiger partial charge in [0.25, 0.3) is 11.5 Å². The number of aromatic nitrogens is 6. The van der Waals surface area contributed by atoms with E-state index < -0.39 is 17.3 Å². The van der Waals surface area contributed by atoms with Gasteiger partial charge >= 0.3 is 0 Å². The molecule has 0 aliphatic carbocycles. The van der Waals surface area contributed by atoms with E-state index in [2.05, 4.69) is 25.5 Å². The second-order valence-corrected chi connectivity index (χ2v) is 7.74. The van der Waals surface area contributed by atoms with Crippen LogP contribution in [0.4, 0.5) is 10.2 Å². The fourth-order valence-corrected chi connectivity index (χ4v) is 3.78. The van der Waals surface area contributed by atoms with Gasteiger partial charge in [0.05, 0.1) is 37.4 Å². The summed E-state index contributed by atoms with van der Waals surface area (Å²) in [5, 5.41) is 11.6. The molecule has 0 radical (unpaired) electrons. The third-order valence-electron chi connectivity index (χ3n) is 5.42. The maximum absolute atomic E-state index is 13.4. The number of ether oxygens (including phenoxy) is 2. The number of hydrogen-bond acceptors (Lipinski definition) is 7. The number of anilines is 1. The third-order valence-corrected chi connectivity index (χ3v) is 5.42. The van der Waals surface area contributed by atoms with E-state index in [1.807, 2.05) is 0 Å². The van der Waals surface area contributed by atoms with Crippen molar-refractivity contribution < 1.29 is 18.7 Å². The Morgan fingerprint density at radius 1 is 1.08 bits per heavy atom. The van der Waals surface area contributed by atoms with Crippen molar-refractivity contribution >= 4 is 22.8 Å². The van der Waals surface area contributed by atoms with E-state index in [1.165, 1.54) is 54.0 Å². The Kier molecular flexibility index (Phi) is 5.68. The third kappa shape index (κ3) is 3.94. The molecule has 3 aromatic heterocycles. The van der Waals surface area contributed by atoms with E-state index in [-0.39, 0.29) is 34.1 Å². The first-order valence-electron chi connectivity index (χ1n) is 10.7. The fourth-order valence-electron chi connectivity index (χ4n) is 3.78. The van der Waals surface area contributed by atoms with E-state index in [4.69, 9.17) is 9.47 Å². The molecule has 0 bridgehead atoms. The molecule has 0 aliphatic rings. The Hall–Kier alpha value is -5.00. The Bertz CT molecular complexity index is 1650. The standard InChI is InChI=1S/C24H20FN7O4/c1-13-11-19(27-22(33)16-5-4-6-18(35-2)20(16)36-3)32(30-13)24-28-21-17(23(34)29-24)12-26-31(21)15-9-7-14(25)8-10-15/h4-12H,1-3H3,(H,27,33)(H,28,29,34). The largest absolute Gasteiger partial charge is 0.493 e. The van der Waals surface area contributed by atoms with Gasteiger partial charge in [-0.2, -0.15) is 19.9 Å². The van der Waals surface area contributed by atoms with Gasteiger partial charge in [0.2, 0.25) is 5.95 Å². The second kappa shape index (κ2) is 8.98. The summed E-state index contributed by atoms with van der Waals surface area (Å²) in [5.41, 5.74) is 1.11. The molecule has 2 aromatic carbocycles. The maximum Gasteiger partial charge on any atom is 0.263 e. The molecule has 0 spiro atoms. The molecule has 12 heteroatoms. The number of nitrogens with one attached hydrogen (secondary N) is 2. The molecule has 36 heavy (non-hydrogen) atoms. The monoisotopic (exact) mass is 489 g/mol. The average molecular weight is 489 g/mol. The van der Waals surface area contributed by atoms with Gasteiger partial charge in [0.15, 0.2) is 17.1 Å². The van der Waals surface area contributed by atoms with E-state index in [0.717, 1.165) is 0 Å². The van der Waals surface area contributed by atoms with Gasteiger partial charge in [-0.3, -0.25) is 14.6 Å². The minimum absolute atomic E-state index is 0.0531. The summed E-state index contributed by atoms with van der Waals surface area (Å²) in [7, 11) is 2.92. The predicted octanol–water partition coefficient (Wildman–Crippen LogP) is 3.01. The molecule has 5 aromatic rings. The number of para-hydroxylation sites is 1. The lowest BCUT2D eigenvalue weighted by molar-refractivity contribution is 0.102. The molecule has 3 heterocycles. The summed E-state index contributed by atoms with van der Waals surface area (Å²) >= 11 is 0. The number of methoxy groups -OCH3 is 2.